The van der Waals surface area contributed by atoms with Gasteiger partial charge in [0.25, 0.3) is 5.88 Å². The molecule has 6 atom stereocenters. The smallest absolute Gasteiger partial charge is 0.254 e. The van der Waals surface area contributed by atoms with Crippen LogP contribution in [0.1, 0.15) is 94.7 Å². The van der Waals surface area contributed by atoms with Gasteiger partial charge in [-0.3, -0.25) is 14.5 Å². The number of piperidine rings is 1. The number of aromatic hydroxyl groups is 1. The summed E-state index contributed by atoms with van der Waals surface area (Å²) < 4.78 is 24.8. The average molecular weight is 1070 g/mol. The standard InChI is InChI=1S/C57H69N11O8S/c1-33(2)53(57(72)67-31-41(69)24-48(67)56(71)61-34(3)36-9-11-37(12-10-36)54-35(4)60-32-77-54)50-28-52(64-76-50)73-22-21-65-19-16-42(17-20-65)74-43-25-44(26-43)75-51-23-38(15-18-59-51)68-39-13-14-40(68)30-66(29-39)47-27-46(62-63-55(47)58)45-7-5-6-8-49(45)70/h5-12,15,18,23,27-28,32-34,39-44,48,53,69-70H,13-14,16-17,19-22,24-26,29-31H2,1-4H3,(H2,58,63)(H,61,71)/t34-,39?,40?,41+,43-,44-,48-,53+/m0/s1. The summed E-state index contributed by atoms with van der Waals surface area (Å²) in [5.41, 5.74) is 14.4. The van der Waals surface area contributed by atoms with Crippen LogP contribution in [-0.2, 0) is 14.3 Å². The first-order valence-corrected chi connectivity index (χ1v) is 28.0. The molecule has 5 N–H and O–H groups in total. The molecule has 77 heavy (non-hydrogen) atoms. The number of thiazole rings is 1. The molecule has 19 nitrogen and oxygen atoms in total. The van der Waals surface area contributed by atoms with Gasteiger partial charge in [0, 0.05) is 100 Å². The Balaban J connectivity index is 0.601. The maximum Gasteiger partial charge on any atom is 0.254 e. The number of nitrogens with one attached hydrogen (secondary N) is 1. The molecule has 1 saturated carbocycles. The van der Waals surface area contributed by atoms with Crippen LogP contribution in [0.2, 0.25) is 0 Å². The van der Waals surface area contributed by atoms with Crippen LogP contribution in [0, 0.1) is 12.8 Å². The second-order valence-electron chi connectivity index (χ2n) is 21.7. The molecular weight excluding hydrogens is 999 g/mol. The molecule has 0 radical (unpaired) electrons. The number of aryl methyl sites for hydroxylation is 1. The van der Waals surface area contributed by atoms with Gasteiger partial charge in [-0.15, -0.1) is 21.5 Å². The molecule has 2 amide bonds. The molecule has 5 fully saturated rings. The molecule has 20 heteroatoms. The molecule has 2 bridgehead atoms. The lowest BCUT2D eigenvalue weighted by atomic mass is 9.91. The summed E-state index contributed by atoms with van der Waals surface area (Å²) in [5, 5.41) is 37.0. The Hall–Kier alpha value is -6.87. The summed E-state index contributed by atoms with van der Waals surface area (Å²) in [7, 11) is 0. The van der Waals surface area contributed by atoms with E-state index in [4.69, 9.17) is 24.5 Å². The highest BCUT2D eigenvalue weighted by Crippen LogP contribution is 2.41. The quantitative estimate of drug-likeness (QED) is 0.0669. The normalized spacial score (nSPS) is 23.5. The molecule has 8 heterocycles. The molecule has 5 aliphatic rings. The molecule has 6 aromatic rings. The van der Waals surface area contributed by atoms with Gasteiger partial charge in [0.15, 0.2) is 11.6 Å². The summed E-state index contributed by atoms with van der Waals surface area (Å²) in [6.07, 6.45) is 7.23. The third-order valence-electron chi connectivity index (χ3n) is 16.1. The van der Waals surface area contributed by atoms with Crippen molar-refractivity contribution in [3.05, 3.63) is 102 Å². The number of likely N-dealkylation sites (tertiary alicyclic amines) is 2. The van der Waals surface area contributed by atoms with E-state index in [0.717, 1.165) is 97.8 Å². The molecule has 406 valence electrons. The predicted molar refractivity (Wildman–Crippen MR) is 292 cm³/mol. The average Bonchev–Trinajstić information content (AvgIpc) is 4.22. The van der Waals surface area contributed by atoms with Gasteiger partial charge in [-0.25, -0.2) is 9.97 Å². The number of benzene rings is 2. The number of nitrogens with zero attached hydrogens (tertiary/aromatic N) is 9. The first kappa shape index (κ1) is 52.2. The number of amides is 2. The first-order chi connectivity index (χ1) is 37.3. The molecule has 1 aliphatic carbocycles. The Labute approximate surface area is 452 Å². The lowest BCUT2D eigenvalue weighted by Gasteiger charge is -2.43. The fourth-order valence-corrected chi connectivity index (χ4v) is 12.7. The van der Waals surface area contributed by atoms with Crippen molar-refractivity contribution in [2.75, 3.05) is 61.4 Å². The first-order valence-electron chi connectivity index (χ1n) is 27.2. The van der Waals surface area contributed by atoms with Crippen LogP contribution in [0.3, 0.4) is 0 Å². The molecule has 2 aromatic carbocycles. The van der Waals surface area contributed by atoms with Crippen molar-refractivity contribution in [3.8, 4) is 39.2 Å². The number of phenols is 1. The van der Waals surface area contributed by atoms with Crippen LogP contribution in [0.5, 0.6) is 17.5 Å². The Morgan fingerprint density at radius 3 is 2.38 bits per heavy atom. The van der Waals surface area contributed by atoms with Crippen molar-refractivity contribution in [2.45, 2.75) is 127 Å². The summed E-state index contributed by atoms with van der Waals surface area (Å²) in [6, 6.07) is 22.4. The minimum Gasteiger partial charge on any atom is -0.507 e. The molecule has 11 rings (SSSR count). The van der Waals surface area contributed by atoms with Gasteiger partial charge in [-0.2, -0.15) is 0 Å². The van der Waals surface area contributed by atoms with Crippen molar-refractivity contribution in [3.63, 3.8) is 0 Å². The van der Waals surface area contributed by atoms with E-state index in [0.29, 0.717) is 47.7 Å². The van der Waals surface area contributed by atoms with E-state index in [2.05, 4.69) is 57.5 Å². The number of hydrogen-bond donors (Lipinski definition) is 4. The largest absolute Gasteiger partial charge is 0.507 e. The van der Waals surface area contributed by atoms with Crippen molar-refractivity contribution in [2.24, 2.45) is 5.92 Å². The number of aromatic nitrogens is 5. The van der Waals surface area contributed by atoms with Crippen LogP contribution >= 0.6 is 11.3 Å². The van der Waals surface area contributed by atoms with Gasteiger partial charge in [-0.1, -0.05) is 50.2 Å². The number of rotatable bonds is 18. The van der Waals surface area contributed by atoms with Gasteiger partial charge in [-0.05, 0) is 86.0 Å². The number of pyridine rings is 1. The number of phenolic OH excluding ortho intramolecular Hbond substituents is 1. The highest BCUT2D eigenvalue weighted by Gasteiger charge is 2.45. The van der Waals surface area contributed by atoms with E-state index in [1.165, 1.54) is 4.90 Å². The number of nitrogen functional groups attached to an aromatic ring is 1. The van der Waals surface area contributed by atoms with E-state index in [1.54, 1.807) is 29.5 Å². The minimum absolute atomic E-state index is 0.0528. The van der Waals surface area contributed by atoms with Gasteiger partial charge in [0.05, 0.1) is 51.8 Å². The summed E-state index contributed by atoms with van der Waals surface area (Å²) in [6.45, 7) is 12.3. The van der Waals surface area contributed by atoms with Gasteiger partial charge < -0.3 is 54.7 Å². The van der Waals surface area contributed by atoms with Crippen LogP contribution in [0.15, 0.2) is 89.0 Å². The number of carbonyl (C=O) groups excluding carboxylic acids is 2. The van der Waals surface area contributed by atoms with Crippen molar-refractivity contribution in [1.82, 2.24) is 40.4 Å². The van der Waals surface area contributed by atoms with Crippen LogP contribution in [-0.4, -0.2) is 146 Å². The van der Waals surface area contributed by atoms with E-state index < -0.39 is 18.1 Å². The van der Waals surface area contributed by atoms with Crippen molar-refractivity contribution in [1.29, 1.82) is 0 Å². The fourth-order valence-electron chi connectivity index (χ4n) is 11.9. The molecule has 2 unspecified atom stereocenters. The number of β-amino-alcohol motifs (C(OH)–C–C–N with tert-alkyl or cyclic N) is 1. The summed E-state index contributed by atoms with van der Waals surface area (Å²) in [4.78, 5) is 46.7. The SMILES string of the molecule is Cc1ncsc1-c1ccc([C@H](C)NC(=O)[C@@H]2C[C@@H](O)CN2C(=O)[C@@H](c2cc(OCCN3CCC(O[C@H]4C[C@H](Oc5cc(N6C7CCC6CN(c6cc(-c8ccccc8O)nnc6N)C7)ccn5)C4)CC3)no2)C(C)C)cc1. The third kappa shape index (κ3) is 11.4. The fraction of sp³-hybridized carbons (Fsp3) is 0.491. The van der Waals surface area contributed by atoms with Crippen LogP contribution < -0.4 is 30.3 Å². The number of anilines is 3. The molecular formula is C57H69N11O8S. The topological polar surface area (TPSA) is 231 Å². The lowest BCUT2D eigenvalue weighted by Crippen LogP contribution is -2.54. The number of fused-ring (bicyclic) bond motifs is 2. The van der Waals surface area contributed by atoms with Gasteiger partial charge >= 0.3 is 0 Å². The molecule has 4 aliphatic heterocycles. The number of aliphatic hydroxyl groups is 1. The highest BCUT2D eigenvalue weighted by atomic mass is 32.1. The number of ether oxygens (including phenoxy) is 3. The number of hydrogen-bond acceptors (Lipinski definition) is 18. The van der Waals surface area contributed by atoms with E-state index in [9.17, 15) is 19.8 Å². The zero-order valence-electron chi connectivity index (χ0n) is 44.1. The van der Waals surface area contributed by atoms with E-state index in [-0.39, 0.29) is 72.9 Å². The highest BCUT2D eigenvalue weighted by molar-refractivity contribution is 7.13. The summed E-state index contributed by atoms with van der Waals surface area (Å²) >= 11 is 1.59. The summed E-state index contributed by atoms with van der Waals surface area (Å²) in [5.74, 6) is 0.338. The monoisotopic (exact) mass is 1070 g/mol. The van der Waals surface area contributed by atoms with Crippen molar-refractivity contribution >= 4 is 40.3 Å². The number of piperazine rings is 1. The zero-order valence-corrected chi connectivity index (χ0v) is 44.9. The lowest BCUT2D eigenvalue weighted by molar-refractivity contribution is -0.141. The van der Waals surface area contributed by atoms with E-state index in [1.807, 2.05) is 81.9 Å². The van der Waals surface area contributed by atoms with Gasteiger partial charge in [0.2, 0.25) is 17.7 Å². The number of para-hydroxylation sites is 1. The van der Waals surface area contributed by atoms with Crippen LogP contribution in [0.25, 0.3) is 21.7 Å². The number of aliphatic hydroxyl groups excluding tert-OH is 1. The van der Waals surface area contributed by atoms with Crippen molar-refractivity contribution < 1.29 is 38.5 Å². The Morgan fingerprint density at radius 1 is 0.883 bits per heavy atom. The predicted octanol–water partition coefficient (Wildman–Crippen LogP) is 7.15. The number of nitrogens with two attached hydrogens (primary N) is 1. The van der Waals surface area contributed by atoms with Gasteiger partial charge in [0.1, 0.15) is 30.4 Å². The Morgan fingerprint density at radius 2 is 1.65 bits per heavy atom. The maximum atomic E-state index is 14.2. The molecule has 4 saturated heterocycles. The Kier molecular flexibility index (Phi) is 15.3. The second kappa shape index (κ2) is 22.6. The molecule has 0 spiro atoms. The minimum atomic E-state index is -0.830. The third-order valence-corrected chi connectivity index (χ3v) is 17.1. The second-order valence-corrected chi connectivity index (χ2v) is 22.6. The Bertz CT molecular complexity index is 3000. The number of carbonyl (C=O) groups is 2. The molecule has 4 aromatic heterocycles. The van der Waals surface area contributed by atoms with E-state index >= 15 is 0 Å². The maximum absolute atomic E-state index is 14.2. The zero-order chi connectivity index (χ0) is 53.3. The van der Waals surface area contributed by atoms with Crippen LogP contribution in [0.4, 0.5) is 17.2 Å².